The molecule has 4 aliphatic carbocycles. The van der Waals surface area contributed by atoms with Gasteiger partial charge >= 0.3 is 0 Å². The van der Waals surface area contributed by atoms with Gasteiger partial charge in [-0.05, 0) is 37.0 Å². The first-order valence-corrected chi connectivity index (χ1v) is 7.84. The minimum absolute atomic E-state index is 0.0548. The monoisotopic (exact) mass is 287 g/mol. The van der Waals surface area contributed by atoms with Crippen LogP contribution in [0, 0.1) is 42.4 Å². The summed E-state index contributed by atoms with van der Waals surface area (Å²) in [5, 5.41) is 9.14. The maximum Gasteiger partial charge on any atom is 0.240 e. The Morgan fingerprint density at radius 2 is 1.70 bits per heavy atom. The van der Waals surface area contributed by atoms with Crippen molar-refractivity contribution in [1.82, 2.24) is 10.2 Å². The van der Waals surface area contributed by atoms with Gasteiger partial charge in [0.15, 0.2) is 0 Å². The van der Waals surface area contributed by atoms with E-state index in [0.717, 1.165) is 5.01 Å². The van der Waals surface area contributed by atoms with Crippen molar-refractivity contribution in [1.29, 1.82) is 0 Å². The average molecular weight is 287 g/mol. The van der Waals surface area contributed by atoms with Crippen LogP contribution in [-0.4, -0.2) is 22.0 Å². The van der Waals surface area contributed by atoms with Gasteiger partial charge in [-0.15, -0.1) is 10.2 Å². The zero-order valence-electron chi connectivity index (χ0n) is 10.9. The van der Waals surface area contributed by atoms with Gasteiger partial charge in [-0.25, -0.2) is 4.90 Å². The van der Waals surface area contributed by atoms with Gasteiger partial charge in [-0.1, -0.05) is 23.5 Å². The van der Waals surface area contributed by atoms with E-state index in [9.17, 15) is 9.59 Å². The summed E-state index contributed by atoms with van der Waals surface area (Å²) in [6.07, 6.45) is 5.55. The molecule has 1 aliphatic heterocycles. The van der Waals surface area contributed by atoms with Crippen molar-refractivity contribution < 1.29 is 9.59 Å². The summed E-state index contributed by atoms with van der Waals surface area (Å²) in [5.74, 6) is 1.41. The number of imide groups is 1. The molecule has 1 aromatic heterocycles. The molecule has 102 valence electrons. The van der Waals surface area contributed by atoms with E-state index in [-0.39, 0.29) is 35.5 Å². The number of hydrogen-bond donors (Lipinski definition) is 0. The number of aryl methyl sites for hydroxylation is 1. The molecule has 3 fully saturated rings. The SMILES string of the molecule is Cc1nnc(N2C(=O)C3C4C=CC(C5CC45)C3C2=O)s1. The van der Waals surface area contributed by atoms with Gasteiger partial charge in [-0.3, -0.25) is 9.59 Å². The van der Waals surface area contributed by atoms with Gasteiger partial charge in [0.2, 0.25) is 16.9 Å². The highest BCUT2D eigenvalue weighted by Gasteiger charge is 2.67. The number of amides is 2. The number of allylic oxidation sites excluding steroid dienone is 2. The van der Waals surface area contributed by atoms with E-state index in [2.05, 4.69) is 22.3 Å². The summed E-state index contributed by atoms with van der Waals surface area (Å²) < 4.78 is 0. The van der Waals surface area contributed by atoms with Crippen LogP contribution < -0.4 is 4.90 Å². The molecule has 1 saturated heterocycles. The van der Waals surface area contributed by atoms with Crippen LogP contribution >= 0.6 is 11.3 Å². The van der Waals surface area contributed by atoms with Crippen molar-refractivity contribution in [3.05, 3.63) is 17.2 Å². The number of rotatable bonds is 1. The van der Waals surface area contributed by atoms with Crippen LogP contribution in [0.3, 0.4) is 0 Å². The third-order valence-electron chi connectivity index (χ3n) is 5.37. The molecule has 1 aromatic rings. The third-order valence-corrected chi connectivity index (χ3v) is 6.19. The summed E-state index contributed by atoms with van der Waals surface area (Å²) in [6.45, 7) is 1.83. The van der Waals surface area contributed by atoms with Crippen molar-refractivity contribution in [2.75, 3.05) is 4.90 Å². The Kier molecular flexibility index (Phi) is 1.87. The van der Waals surface area contributed by atoms with Crippen molar-refractivity contribution >= 4 is 28.3 Å². The Balaban J connectivity index is 1.60. The predicted octanol–water partition coefficient (Wildman–Crippen LogP) is 1.40. The topological polar surface area (TPSA) is 63.2 Å². The van der Waals surface area contributed by atoms with Gasteiger partial charge in [-0.2, -0.15) is 0 Å². The number of nitrogens with zero attached hydrogens (tertiary/aromatic N) is 3. The number of carbonyl (C=O) groups is 2. The highest BCUT2D eigenvalue weighted by Crippen LogP contribution is 2.65. The van der Waals surface area contributed by atoms with Crippen LogP contribution in [0.15, 0.2) is 12.2 Å². The van der Waals surface area contributed by atoms with E-state index in [4.69, 9.17) is 0 Å². The van der Waals surface area contributed by atoms with Crippen molar-refractivity contribution in [2.24, 2.45) is 35.5 Å². The molecule has 20 heavy (non-hydrogen) atoms. The van der Waals surface area contributed by atoms with Gasteiger partial charge in [0, 0.05) is 0 Å². The van der Waals surface area contributed by atoms with Gasteiger partial charge in [0.1, 0.15) is 5.01 Å². The molecular formula is C14H13N3O2S. The summed E-state index contributed by atoms with van der Waals surface area (Å²) in [5.41, 5.74) is 0. The molecule has 6 atom stereocenters. The molecule has 0 radical (unpaired) electrons. The Bertz CT molecular complexity index is 646. The number of hydrogen-bond acceptors (Lipinski definition) is 5. The van der Waals surface area contributed by atoms with Gasteiger partial charge in [0.25, 0.3) is 0 Å². The largest absolute Gasteiger partial charge is 0.274 e. The van der Waals surface area contributed by atoms with E-state index >= 15 is 0 Å². The van der Waals surface area contributed by atoms with Crippen molar-refractivity contribution in [3.8, 4) is 0 Å². The standard InChI is InChI=1S/C14H13N3O2S/c1-5-15-16-14(20-5)17-12(18)10-6-2-3-7(9-4-8(6)9)11(10)13(17)19/h2-3,6-11H,4H2,1H3. The minimum Gasteiger partial charge on any atom is -0.274 e. The molecule has 0 spiro atoms. The third kappa shape index (κ3) is 1.15. The molecule has 0 aromatic carbocycles. The maximum absolute atomic E-state index is 12.7. The summed E-state index contributed by atoms with van der Waals surface area (Å²) in [6, 6.07) is 0. The Morgan fingerprint density at radius 1 is 1.10 bits per heavy atom. The molecule has 2 amide bonds. The summed E-state index contributed by atoms with van der Waals surface area (Å²) >= 11 is 1.31. The highest BCUT2D eigenvalue weighted by atomic mass is 32.1. The summed E-state index contributed by atoms with van der Waals surface area (Å²) in [7, 11) is 0. The van der Waals surface area contributed by atoms with Crippen LogP contribution in [0.25, 0.3) is 0 Å². The number of anilines is 1. The molecule has 2 heterocycles. The van der Waals surface area contributed by atoms with Crippen LogP contribution in [0.4, 0.5) is 5.13 Å². The smallest absolute Gasteiger partial charge is 0.240 e. The fraction of sp³-hybridized carbons (Fsp3) is 0.571. The fourth-order valence-electron chi connectivity index (χ4n) is 4.52. The lowest BCUT2D eigenvalue weighted by Gasteiger charge is -2.37. The zero-order valence-corrected chi connectivity index (χ0v) is 11.7. The Hall–Kier alpha value is -1.56. The molecule has 2 bridgehead atoms. The quantitative estimate of drug-likeness (QED) is 0.578. The molecule has 5 aliphatic rings. The van der Waals surface area contributed by atoms with Crippen LogP contribution in [0.5, 0.6) is 0 Å². The zero-order chi connectivity index (χ0) is 13.6. The molecule has 6 unspecified atom stereocenters. The molecular weight excluding hydrogens is 274 g/mol. The molecule has 6 heteroatoms. The second kappa shape index (κ2) is 3.36. The Morgan fingerprint density at radius 3 is 2.20 bits per heavy atom. The van der Waals surface area contributed by atoms with Crippen LogP contribution in [0.1, 0.15) is 11.4 Å². The molecule has 2 saturated carbocycles. The Labute approximate surface area is 119 Å². The van der Waals surface area contributed by atoms with Crippen LogP contribution in [0.2, 0.25) is 0 Å². The summed E-state index contributed by atoms with van der Waals surface area (Å²) in [4.78, 5) is 26.8. The van der Waals surface area contributed by atoms with Gasteiger partial charge in [0.05, 0.1) is 11.8 Å². The fourth-order valence-corrected chi connectivity index (χ4v) is 5.22. The van der Waals surface area contributed by atoms with E-state index < -0.39 is 0 Å². The molecule has 0 N–H and O–H groups in total. The lowest BCUT2D eigenvalue weighted by atomic mass is 9.63. The number of aromatic nitrogens is 2. The van der Waals surface area contributed by atoms with E-state index in [1.54, 1.807) is 0 Å². The van der Waals surface area contributed by atoms with E-state index in [0.29, 0.717) is 17.0 Å². The average Bonchev–Trinajstić information content (AvgIpc) is 3.10. The first kappa shape index (κ1) is 11.1. The van der Waals surface area contributed by atoms with Crippen molar-refractivity contribution in [3.63, 3.8) is 0 Å². The van der Waals surface area contributed by atoms with E-state index in [1.165, 1.54) is 22.7 Å². The van der Waals surface area contributed by atoms with Crippen LogP contribution in [-0.2, 0) is 9.59 Å². The van der Waals surface area contributed by atoms with E-state index in [1.807, 2.05) is 6.92 Å². The van der Waals surface area contributed by atoms with Gasteiger partial charge < -0.3 is 0 Å². The molecule has 5 nitrogen and oxygen atoms in total. The second-order valence-electron chi connectivity index (χ2n) is 6.27. The van der Waals surface area contributed by atoms with Crippen molar-refractivity contribution in [2.45, 2.75) is 13.3 Å². The molecule has 6 rings (SSSR count). The first-order valence-electron chi connectivity index (χ1n) is 7.03. The first-order chi connectivity index (χ1) is 9.66. The maximum atomic E-state index is 12.7. The second-order valence-corrected chi connectivity index (χ2v) is 7.43. The normalized spacial score (nSPS) is 44.0. The predicted molar refractivity (Wildman–Crippen MR) is 71.8 cm³/mol. The number of carbonyl (C=O) groups excluding carboxylic acids is 2. The highest BCUT2D eigenvalue weighted by molar-refractivity contribution is 7.15. The minimum atomic E-state index is -0.148. The lowest BCUT2D eigenvalue weighted by molar-refractivity contribution is -0.124. The lowest BCUT2D eigenvalue weighted by Crippen LogP contribution is -2.40.